The predicted molar refractivity (Wildman–Crippen MR) is 70.9 cm³/mol. The zero-order valence-electron chi connectivity index (χ0n) is 11.2. The topological polar surface area (TPSA) is 58.4 Å². The monoisotopic (exact) mass is 241 g/mol. The van der Waals surface area contributed by atoms with Crippen LogP contribution in [0, 0.1) is 5.92 Å². The van der Waals surface area contributed by atoms with Crippen LogP contribution in [0.5, 0.6) is 0 Å². The van der Waals surface area contributed by atoms with Gasteiger partial charge in [-0.25, -0.2) is 4.79 Å². The second-order valence-electron chi connectivity index (χ2n) is 4.87. The zero-order valence-corrected chi connectivity index (χ0v) is 11.2. The first-order valence-corrected chi connectivity index (χ1v) is 6.99. The highest BCUT2D eigenvalue weighted by molar-refractivity contribution is 5.74. The van der Waals surface area contributed by atoms with E-state index in [2.05, 4.69) is 12.2 Å². The quantitative estimate of drug-likeness (QED) is 0.773. The van der Waals surface area contributed by atoms with Crippen molar-refractivity contribution < 1.29 is 4.79 Å². The lowest BCUT2D eigenvalue weighted by Gasteiger charge is -2.39. The zero-order chi connectivity index (χ0) is 12.7. The molecule has 0 saturated heterocycles. The molecule has 0 radical (unpaired) electrons. The summed E-state index contributed by atoms with van der Waals surface area (Å²) in [5, 5.41) is 2.97. The Morgan fingerprint density at radius 1 is 1.35 bits per heavy atom. The normalized spacial score (nSPS) is 24.4. The predicted octanol–water partition coefficient (Wildman–Crippen LogP) is 1.95. The molecule has 0 aromatic heterocycles. The molecule has 1 fully saturated rings. The molecule has 1 aliphatic carbocycles. The maximum atomic E-state index is 12.1. The Labute approximate surface area is 105 Å². The van der Waals surface area contributed by atoms with E-state index in [0.717, 1.165) is 25.9 Å². The lowest BCUT2D eigenvalue weighted by atomic mass is 9.83. The number of urea groups is 1. The highest BCUT2D eigenvalue weighted by atomic mass is 16.2. The fraction of sp³-hybridized carbons (Fsp3) is 0.923. The maximum absolute atomic E-state index is 12.1. The Balaban J connectivity index is 2.60. The first-order valence-electron chi connectivity index (χ1n) is 6.99. The first-order chi connectivity index (χ1) is 8.24. The van der Waals surface area contributed by atoms with Crippen LogP contribution in [0.1, 0.15) is 46.0 Å². The smallest absolute Gasteiger partial charge is 0.317 e. The molecule has 100 valence electrons. The van der Waals surface area contributed by atoms with Crippen molar-refractivity contribution in [3.8, 4) is 0 Å². The number of carbonyl (C=O) groups excluding carboxylic acids is 1. The third-order valence-corrected chi connectivity index (χ3v) is 3.70. The largest absolute Gasteiger partial charge is 0.338 e. The number of nitrogens with zero attached hydrogens (tertiary/aromatic N) is 1. The molecular formula is C13H27N3O. The van der Waals surface area contributed by atoms with Gasteiger partial charge in [-0.15, -0.1) is 0 Å². The Kier molecular flexibility index (Phi) is 6.34. The molecule has 0 aromatic rings. The molecule has 2 amide bonds. The van der Waals surface area contributed by atoms with Gasteiger partial charge in [-0.1, -0.05) is 19.8 Å². The van der Waals surface area contributed by atoms with Gasteiger partial charge in [-0.2, -0.15) is 0 Å². The van der Waals surface area contributed by atoms with Crippen molar-refractivity contribution in [1.29, 1.82) is 0 Å². The molecule has 4 nitrogen and oxygen atoms in total. The molecule has 2 atom stereocenters. The van der Waals surface area contributed by atoms with Crippen molar-refractivity contribution in [2.45, 2.75) is 52.0 Å². The van der Waals surface area contributed by atoms with Crippen molar-refractivity contribution >= 4 is 6.03 Å². The first kappa shape index (κ1) is 14.3. The van der Waals surface area contributed by atoms with Gasteiger partial charge in [0.15, 0.2) is 0 Å². The van der Waals surface area contributed by atoms with E-state index in [-0.39, 0.29) is 6.03 Å². The molecule has 0 aromatic carbocycles. The number of carbonyl (C=O) groups is 1. The minimum Gasteiger partial charge on any atom is -0.338 e. The molecule has 1 aliphatic rings. The number of nitrogens with one attached hydrogen (secondary N) is 1. The fourth-order valence-electron chi connectivity index (χ4n) is 2.74. The highest BCUT2D eigenvalue weighted by Gasteiger charge is 2.30. The second-order valence-corrected chi connectivity index (χ2v) is 4.87. The molecule has 1 saturated carbocycles. The fourth-order valence-corrected chi connectivity index (χ4v) is 2.74. The van der Waals surface area contributed by atoms with Gasteiger partial charge in [-0.3, -0.25) is 0 Å². The molecule has 0 heterocycles. The van der Waals surface area contributed by atoms with Gasteiger partial charge in [-0.05, 0) is 38.6 Å². The minimum atomic E-state index is 0.0831. The Morgan fingerprint density at radius 3 is 2.65 bits per heavy atom. The summed E-state index contributed by atoms with van der Waals surface area (Å²) in [4.78, 5) is 14.0. The maximum Gasteiger partial charge on any atom is 0.317 e. The minimum absolute atomic E-state index is 0.0831. The summed E-state index contributed by atoms with van der Waals surface area (Å²) < 4.78 is 0. The third-order valence-electron chi connectivity index (χ3n) is 3.70. The Bertz CT molecular complexity index is 233. The average Bonchev–Trinajstić information content (AvgIpc) is 2.37. The van der Waals surface area contributed by atoms with Gasteiger partial charge in [0.2, 0.25) is 0 Å². The lowest BCUT2D eigenvalue weighted by molar-refractivity contribution is 0.126. The Hall–Kier alpha value is -0.770. The summed E-state index contributed by atoms with van der Waals surface area (Å²) >= 11 is 0. The van der Waals surface area contributed by atoms with Crippen LogP contribution in [0.4, 0.5) is 4.79 Å². The molecule has 17 heavy (non-hydrogen) atoms. The van der Waals surface area contributed by atoms with Gasteiger partial charge in [0.1, 0.15) is 0 Å². The van der Waals surface area contributed by atoms with Crippen LogP contribution in [0.2, 0.25) is 0 Å². The van der Waals surface area contributed by atoms with E-state index in [4.69, 9.17) is 5.73 Å². The number of hydrogen-bond acceptors (Lipinski definition) is 2. The van der Waals surface area contributed by atoms with Crippen LogP contribution in [-0.4, -0.2) is 36.6 Å². The van der Waals surface area contributed by atoms with Crippen molar-refractivity contribution in [3.63, 3.8) is 0 Å². The lowest BCUT2D eigenvalue weighted by Crippen LogP contribution is -2.51. The van der Waals surface area contributed by atoms with Crippen molar-refractivity contribution in [2.75, 3.05) is 19.6 Å². The van der Waals surface area contributed by atoms with E-state index in [1.807, 2.05) is 11.8 Å². The third kappa shape index (κ3) is 3.87. The molecule has 4 heteroatoms. The van der Waals surface area contributed by atoms with Gasteiger partial charge in [0.25, 0.3) is 0 Å². The molecule has 0 spiro atoms. The van der Waals surface area contributed by atoms with Crippen LogP contribution < -0.4 is 11.1 Å². The number of rotatable bonds is 5. The van der Waals surface area contributed by atoms with E-state index in [9.17, 15) is 4.79 Å². The molecule has 1 rings (SSSR count). The molecule has 0 bridgehead atoms. The molecular weight excluding hydrogens is 214 g/mol. The van der Waals surface area contributed by atoms with Gasteiger partial charge in [0.05, 0.1) is 0 Å². The van der Waals surface area contributed by atoms with Gasteiger partial charge in [0, 0.05) is 19.1 Å². The van der Waals surface area contributed by atoms with Crippen LogP contribution in [-0.2, 0) is 0 Å². The summed E-state index contributed by atoms with van der Waals surface area (Å²) in [7, 11) is 0. The molecule has 3 N–H and O–H groups in total. The molecule has 2 unspecified atom stereocenters. The van der Waals surface area contributed by atoms with Crippen LogP contribution in [0.15, 0.2) is 0 Å². The number of amides is 2. The second kappa shape index (κ2) is 7.54. The van der Waals surface area contributed by atoms with E-state index in [1.165, 1.54) is 19.3 Å². The number of nitrogens with two attached hydrogens (primary N) is 1. The van der Waals surface area contributed by atoms with Gasteiger partial charge >= 0.3 is 6.03 Å². The van der Waals surface area contributed by atoms with Crippen molar-refractivity contribution in [1.82, 2.24) is 10.2 Å². The summed E-state index contributed by atoms with van der Waals surface area (Å²) in [5.41, 5.74) is 5.83. The summed E-state index contributed by atoms with van der Waals surface area (Å²) in [6, 6.07) is 0.426. The Morgan fingerprint density at radius 2 is 2.06 bits per heavy atom. The van der Waals surface area contributed by atoms with Gasteiger partial charge < -0.3 is 16.0 Å². The van der Waals surface area contributed by atoms with Crippen LogP contribution in [0.25, 0.3) is 0 Å². The van der Waals surface area contributed by atoms with Crippen LogP contribution in [0.3, 0.4) is 0 Å². The SMILES string of the molecule is CCCNC(=O)N(CC)C1CCCCC1CN. The van der Waals surface area contributed by atoms with E-state index in [0.29, 0.717) is 18.5 Å². The van der Waals surface area contributed by atoms with Crippen LogP contribution >= 0.6 is 0 Å². The summed E-state index contributed by atoms with van der Waals surface area (Å²) in [5.74, 6) is 0.482. The van der Waals surface area contributed by atoms with Crippen molar-refractivity contribution in [2.24, 2.45) is 11.7 Å². The van der Waals surface area contributed by atoms with Crippen molar-refractivity contribution in [3.05, 3.63) is 0 Å². The summed E-state index contributed by atoms with van der Waals surface area (Å²) in [6.45, 7) is 6.35. The van der Waals surface area contributed by atoms with E-state index in [1.54, 1.807) is 0 Å². The van der Waals surface area contributed by atoms with E-state index < -0.39 is 0 Å². The number of hydrogen-bond donors (Lipinski definition) is 2. The highest BCUT2D eigenvalue weighted by Crippen LogP contribution is 2.27. The average molecular weight is 241 g/mol. The summed E-state index contributed by atoms with van der Waals surface area (Å²) in [6.07, 6.45) is 5.73. The van der Waals surface area contributed by atoms with E-state index >= 15 is 0 Å². The standard InChI is InChI=1S/C13H27N3O/c1-3-9-15-13(17)16(4-2)12-8-6-5-7-11(12)10-14/h11-12H,3-10,14H2,1-2H3,(H,15,17). The molecule has 0 aliphatic heterocycles.